The monoisotopic (exact) mass is 214 g/mol. The summed E-state index contributed by atoms with van der Waals surface area (Å²) in [6.07, 6.45) is 26.3. The van der Waals surface area contributed by atoms with Gasteiger partial charge >= 0.3 is 0 Å². The van der Waals surface area contributed by atoms with E-state index in [0.29, 0.717) is 11.8 Å². The lowest BCUT2D eigenvalue weighted by atomic mass is 9.84. The molecule has 2 rings (SSSR count). The van der Waals surface area contributed by atoms with Crippen molar-refractivity contribution in [3.63, 3.8) is 0 Å². The topological polar surface area (TPSA) is 0 Å². The fourth-order valence-corrected chi connectivity index (χ4v) is 2.46. The molecule has 0 saturated heterocycles. The highest BCUT2D eigenvalue weighted by Gasteiger charge is 2.15. The Morgan fingerprint density at radius 3 is 1.44 bits per heavy atom. The molecule has 2 aliphatic carbocycles. The lowest BCUT2D eigenvalue weighted by Gasteiger charge is -2.21. The maximum Gasteiger partial charge on any atom is -0.0133 e. The van der Waals surface area contributed by atoms with Crippen molar-refractivity contribution in [3.8, 4) is 0 Å². The van der Waals surface area contributed by atoms with Crippen molar-refractivity contribution in [2.45, 2.75) is 38.5 Å². The second-order valence-electron chi connectivity index (χ2n) is 4.75. The summed E-state index contributed by atoms with van der Waals surface area (Å²) in [5.74, 6) is 1.41. The van der Waals surface area contributed by atoms with Crippen molar-refractivity contribution in [2.75, 3.05) is 0 Å². The maximum atomic E-state index is 2.44. The van der Waals surface area contributed by atoms with E-state index in [1.54, 1.807) is 0 Å². The quantitative estimate of drug-likeness (QED) is 0.549. The van der Waals surface area contributed by atoms with Crippen LogP contribution in [0.1, 0.15) is 38.5 Å². The largest absolute Gasteiger partial charge is 0.0882 e. The molecule has 0 saturated carbocycles. The predicted octanol–water partition coefficient (Wildman–Crippen LogP) is 4.81. The van der Waals surface area contributed by atoms with Gasteiger partial charge in [0.1, 0.15) is 0 Å². The number of allylic oxidation sites excluding steroid dienone is 8. The van der Waals surface area contributed by atoms with E-state index in [0.717, 1.165) is 0 Å². The van der Waals surface area contributed by atoms with Gasteiger partial charge in [0, 0.05) is 0 Å². The van der Waals surface area contributed by atoms with E-state index in [1.165, 1.54) is 38.5 Å². The lowest BCUT2D eigenvalue weighted by Crippen LogP contribution is -2.10. The average Bonchev–Trinajstić information content (AvgIpc) is 2.18. The fourth-order valence-electron chi connectivity index (χ4n) is 2.46. The van der Waals surface area contributed by atoms with E-state index in [2.05, 4.69) is 48.6 Å². The van der Waals surface area contributed by atoms with Crippen molar-refractivity contribution < 1.29 is 0 Å². The Kier molecular flexibility index (Phi) is 4.67. The highest BCUT2D eigenvalue weighted by atomic mass is 14.2. The van der Waals surface area contributed by atoms with Crippen LogP contribution in [-0.4, -0.2) is 0 Å². The Balaban J connectivity index is 2.02. The van der Waals surface area contributed by atoms with Crippen LogP contribution < -0.4 is 0 Å². The number of hydrogen-bond donors (Lipinski definition) is 0. The summed E-state index contributed by atoms with van der Waals surface area (Å²) in [5, 5.41) is 0. The van der Waals surface area contributed by atoms with Gasteiger partial charge in [0.05, 0.1) is 0 Å². The first-order valence-electron chi connectivity index (χ1n) is 6.60. The second kappa shape index (κ2) is 6.52. The molecule has 0 amide bonds. The van der Waals surface area contributed by atoms with E-state index < -0.39 is 0 Å². The van der Waals surface area contributed by atoms with E-state index in [1.807, 2.05) is 0 Å². The molecule has 0 radical (unpaired) electrons. The van der Waals surface area contributed by atoms with E-state index in [-0.39, 0.29) is 0 Å². The average molecular weight is 214 g/mol. The summed E-state index contributed by atoms with van der Waals surface area (Å²) in [7, 11) is 0. The fraction of sp³-hybridized carbons (Fsp3) is 0.500. The first-order valence-corrected chi connectivity index (χ1v) is 6.60. The van der Waals surface area contributed by atoms with Gasteiger partial charge in [-0.25, -0.2) is 0 Å². The minimum atomic E-state index is 0.704. The van der Waals surface area contributed by atoms with Gasteiger partial charge in [0.2, 0.25) is 0 Å². The van der Waals surface area contributed by atoms with Gasteiger partial charge in [0.25, 0.3) is 0 Å². The molecule has 0 bridgehead atoms. The van der Waals surface area contributed by atoms with Crippen molar-refractivity contribution in [1.82, 2.24) is 0 Å². The smallest absolute Gasteiger partial charge is 0.0133 e. The van der Waals surface area contributed by atoms with Crippen LogP contribution >= 0.6 is 0 Å². The van der Waals surface area contributed by atoms with Crippen LogP contribution in [-0.2, 0) is 0 Å². The molecule has 0 aromatic heterocycles. The molecule has 0 aromatic carbocycles. The third-order valence-corrected chi connectivity index (χ3v) is 3.47. The lowest BCUT2D eigenvalue weighted by molar-refractivity contribution is 0.478. The summed E-state index contributed by atoms with van der Waals surface area (Å²) >= 11 is 0. The molecule has 86 valence electrons. The van der Waals surface area contributed by atoms with E-state index in [9.17, 15) is 0 Å². The second-order valence-corrected chi connectivity index (χ2v) is 4.75. The first kappa shape index (κ1) is 11.4. The molecule has 0 spiro atoms. The minimum absolute atomic E-state index is 0.704. The van der Waals surface area contributed by atoms with Gasteiger partial charge in [-0.05, 0) is 50.4 Å². The molecule has 0 N–H and O–H groups in total. The Bertz CT molecular complexity index is 272. The van der Waals surface area contributed by atoms with E-state index >= 15 is 0 Å². The van der Waals surface area contributed by atoms with Crippen molar-refractivity contribution in [3.05, 3.63) is 48.6 Å². The zero-order valence-electron chi connectivity index (χ0n) is 10.0. The van der Waals surface area contributed by atoms with Crippen LogP contribution in [0.15, 0.2) is 48.6 Å². The minimum Gasteiger partial charge on any atom is -0.0882 e. The Morgan fingerprint density at radius 1 is 0.500 bits per heavy atom. The summed E-state index contributed by atoms with van der Waals surface area (Å²) in [6.45, 7) is 0. The molecule has 0 aliphatic heterocycles. The maximum absolute atomic E-state index is 2.44. The SMILES string of the molecule is C1=CCC(C2C=CCCC=CC2)C=CCC1. The highest BCUT2D eigenvalue weighted by Crippen LogP contribution is 2.26. The zero-order chi connectivity index (χ0) is 11.1. The van der Waals surface area contributed by atoms with Crippen LogP contribution in [0.2, 0.25) is 0 Å². The summed E-state index contributed by atoms with van der Waals surface area (Å²) in [6, 6.07) is 0. The number of rotatable bonds is 1. The molecule has 0 heteroatoms. The van der Waals surface area contributed by atoms with Crippen molar-refractivity contribution in [1.29, 1.82) is 0 Å². The van der Waals surface area contributed by atoms with Gasteiger partial charge in [-0.2, -0.15) is 0 Å². The molecule has 0 nitrogen and oxygen atoms in total. The molecule has 2 unspecified atom stereocenters. The van der Waals surface area contributed by atoms with Crippen molar-refractivity contribution in [2.24, 2.45) is 11.8 Å². The van der Waals surface area contributed by atoms with Gasteiger partial charge in [-0.15, -0.1) is 0 Å². The Morgan fingerprint density at radius 2 is 0.938 bits per heavy atom. The van der Waals surface area contributed by atoms with Gasteiger partial charge in [-0.3, -0.25) is 0 Å². The molecular weight excluding hydrogens is 192 g/mol. The van der Waals surface area contributed by atoms with Crippen LogP contribution in [0.25, 0.3) is 0 Å². The Labute approximate surface area is 99.4 Å². The third kappa shape index (κ3) is 3.52. The normalized spacial score (nSPS) is 30.5. The van der Waals surface area contributed by atoms with Gasteiger partial charge in [-0.1, -0.05) is 48.6 Å². The standard InChI is InChI=1S/C16H22/c1-3-7-11-15(12-8-4-1)16-13-9-5-2-6-10-14-16/h3,5,7-10,12,14-16H,1-2,4,6,11,13H2. The first-order chi connectivity index (χ1) is 7.97. The van der Waals surface area contributed by atoms with Crippen molar-refractivity contribution >= 4 is 0 Å². The summed E-state index contributed by atoms with van der Waals surface area (Å²) in [4.78, 5) is 0. The molecule has 0 aromatic rings. The number of hydrogen-bond acceptors (Lipinski definition) is 0. The van der Waals surface area contributed by atoms with E-state index in [4.69, 9.17) is 0 Å². The van der Waals surface area contributed by atoms with Crippen LogP contribution in [0.4, 0.5) is 0 Å². The van der Waals surface area contributed by atoms with Crippen LogP contribution in [0, 0.1) is 11.8 Å². The molecular formula is C16H22. The van der Waals surface area contributed by atoms with Gasteiger partial charge in [0.15, 0.2) is 0 Å². The Hall–Kier alpha value is -1.04. The molecule has 16 heavy (non-hydrogen) atoms. The highest BCUT2D eigenvalue weighted by molar-refractivity contribution is 5.08. The van der Waals surface area contributed by atoms with Gasteiger partial charge < -0.3 is 0 Å². The molecule has 2 aliphatic rings. The summed E-state index contributed by atoms with van der Waals surface area (Å²) < 4.78 is 0. The molecule has 2 atom stereocenters. The molecule has 0 fully saturated rings. The van der Waals surface area contributed by atoms with Crippen LogP contribution in [0.3, 0.4) is 0 Å². The zero-order valence-corrected chi connectivity index (χ0v) is 10.0. The van der Waals surface area contributed by atoms with Crippen LogP contribution in [0.5, 0.6) is 0 Å². The summed E-state index contributed by atoms with van der Waals surface area (Å²) in [5.41, 5.74) is 0. The third-order valence-electron chi connectivity index (χ3n) is 3.47. The predicted molar refractivity (Wildman–Crippen MR) is 71.2 cm³/mol. The molecule has 0 heterocycles.